The van der Waals surface area contributed by atoms with Crippen LogP contribution < -0.4 is 9.47 Å². The summed E-state index contributed by atoms with van der Waals surface area (Å²) in [5, 5.41) is 0.811. The first kappa shape index (κ1) is 19.8. The standard InChI is InChI=1S/C19H16Cl2O5/c1-24-17-8-6-12(10-18(17)25-2)16(22)11-26-19(23)9-7-13-14(20)4-3-5-15(13)21/h3-10H,11H2,1-2H3/b9-7+. The van der Waals surface area contributed by atoms with E-state index in [0.717, 1.165) is 6.08 Å². The van der Waals surface area contributed by atoms with Gasteiger partial charge in [0.2, 0.25) is 0 Å². The molecule has 136 valence electrons. The summed E-state index contributed by atoms with van der Waals surface area (Å²) in [6, 6.07) is 9.69. The molecule has 0 bridgehead atoms. The predicted molar refractivity (Wildman–Crippen MR) is 100 cm³/mol. The summed E-state index contributed by atoms with van der Waals surface area (Å²) in [6.45, 7) is -0.408. The number of ether oxygens (including phenoxy) is 3. The number of benzene rings is 2. The van der Waals surface area contributed by atoms with Crippen LogP contribution in [-0.4, -0.2) is 32.6 Å². The van der Waals surface area contributed by atoms with E-state index in [2.05, 4.69) is 0 Å². The van der Waals surface area contributed by atoms with E-state index in [1.807, 2.05) is 0 Å². The van der Waals surface area contributed by atoms with Gasteiger partial charge in [-0.1, -0.05) is 29.3 Å². The normalized spacial score (nSPS) is 10.6. The van der Waals surface area contributed by atoms with Crippen molar-refractivity contribution in [1.29, 1.82) is 0 Å². The molecular formula is C19H16Cl2O5. The van der Waals surface area contributed by atoms with Gasteiger partial charge in [0.25, 0.3) is 0 Å². The summed E-state index contributed by atoms with van der Waals surface area (Å²) in [5.41, 5.74) is 0.840. The predicted octanol–water partition coefficient (Wildman–Crippen LogP) is 4.45. The van der Waals surface area contributed by atoms with Gasteiger partial charge in [-0.05, 0) is 36.4 Å². The highest BCUT2D eigenvalue weighted by atomic mass is 35.5. The van der Waals surface area contributed by atoms with Crippen molar-refractivity contribution in [2.24, 2.45) is 0 Å². The van der Waals surface area contributed by atoms with E-state index in [9.17, 15) is 9.59 Å². The average Bonchev–Trinajstić information content (AvgIpc) is 2.65. The molecule has 0 fully saturated rings. The Morgan fingerprint density at radius 1 is 1.00 bits per heavy atom. The van der Waals surface area contributed by atoms with E-state index in [1.165, 1.54) is 26.4 Å². The van der Waals surface area contributed by atoms with Gasteiger partial charge in [0, 0.05) is 27.2 Å². The van der Waals surface area contributed by atoms with Crippen molar-refractivity contribution in [1.82, 2.24) is 0 Å². The molecular weight excluding hydrogens is 379 g/mol. The zero-order valence-corrected chi connectivity index (χ0v) is 15.6. The number of Topliss-reactive ketones (excluding diaryl/α,β-unsaturated/α-hetero) is 1. The van der Waals surface area contributed by atoms with Crippen molar-refractivity contribution < 1.29 is 23.8 Å². The smallest absolute Gasteiger partial charge is 0.331 e. The molecule has 0 heterocycles. The van der Waals surface area contributed by atoms with E-state index in [1.54, 1.807) is 30.3 Å². The first-order valence-electron chi connectivity index (χ1n) is 7.50. The molecule has 0 spiro atoms. The van der Waals surface area contributed by atoms with Crippen molar-refractivity contribution in [3.63, 3.8) is 0 Å². The highest BCUT2D eigenvalue weighted by Crippen LogP contribution is 2.28. The van der Waals surface area contributed by atoms with Crippen LogP contribution in [0.3, 0.4) is 0 Å². The fourth-order valence-electron chi connectivity index (χ4n) is 2.10. The maximum Gasteiger partial charge on any atom is 0.331 e. The van der Waals surface area contributed by atoms with E-state index >= 15 is 0 Å². The van der Waals surface area contributed by atoms with Crippen LogP contribution in [0.2, 0.25) is 10.0 Å². The summed E-state index contributed by atoms with van der Waals surface area (Å²) in [5.74, 6) is -0.142. The monoisotopic (exact) mass is 394 g/mol. The molecule has 7 heteroatoms. The second-order valence-electron chi connectivity index (χ2n) is 5.07. The lowest BCUT2D eigenvalue weighted by atomic mass is 10.1. The van der Waals surface area contributed by atoms with Crippen molar-refractivity contribution in [2.75, 3.05) is 20.8 Å². The van der Waals surface area contributed by atoms with Crippen molar-refractivity contribution in [2.45, 2.75) is 0 Å². The molecule has 0 aromatic heterocycles. The minimum atomic E-state index is -0.685. The maximum absolute atomic E-state index is 12.2. The number of hydrogen-bond acceptors (Lipinski definition) is 5. The molecule has 0 radical (unpaired) electrons. The number of carbonyl (C=O) groups is 2. The van der Waals surface area contributed by atoms with Gasteiger partial charge in [0.05, 0.1) is 14.2 Å². The Kier molecular flexibility index (Phi) is 7.06. The second-order valence-corrected chi connectivity index (χ2v) is 5.88. The molecule has 0 N–H and O–H groups in total. The van der Waals surface area contributed by atoms with Gasteiger partial charge in [0.1, 0.15) is 0 Å². The van der Waals surface area contributed by atoms with Crippen LogP contribution in [-0.2, 0) is 9.53 Å². The summed E-state index contributed by atoms with van der Waals surface area (Å²) in [7, 11) is 2.97. The Hall–Kier alpha value is -2.50. The molecule has 2 rings (SSSR count). The lowest BCUT2D eigenvalue weighted by molar-refractivity contribution is -0.136. The van der Waals surface area contributed by atoms with Crippen LogP contribution >= 0.6 is 23.2 Å². The highest BCUT2D eigenvalue weighted by molar-refractivity contribution is 6.37. The lowest BCUT2D eigenvalue weighted by Gasteiger charge is -2.09. The first-order valence-corrected chi connectivity index (χ1v) is 8.26. The molecule has 0 aliphatic rings. The second kappa shape index (κ2) is 9.27. The molecule has 5 nitrogen and oxygen atoms in total. The Morgan fingerprint density at radius 2 is 1.65 bits per heavy atom. The average molecular weight is 395 g/mol. The van der Waals surface area contributed by atoms with Crippen LogP contribution in [0.1, 0.15) is 15.9 Å². The third-order valence-corrected chi connectivity index (χ3v) is 4.10. The summed E-state index contributed by atoms with van der Waals surface area (Å²) in [6.07, 6.45) is 2.60. The Morgan fingerprint density at radius 3 is 2.27 bits per heavy atom. The number of rotatable bonds is 7. The summed E-state index contributed by atoms with van der Waals surface area (Å²) < 4.78 is 15.2. The number of hydrogen-bond donors (Lipinski definition) is 0. The number of esters is 1. The molecule has 0 atom stereocenters. The van der Waals surface area contributed by atoms with Crippen molar-refractivity contribution in [3.05, 3.63) is 63.6 Å². The topological polar surface area (TPSA) is 61.8 Å². The zero-order chi connectivity index (χ0) is 19.1. The van der Waals surface area contributed by atoms with E-state index in [0.29, 0.717) is 32.7 Å². The van der Waals surface area contributed by atoms with Crippen molar-refractivity contribution >= 4 is 41.0 Å². The molecule has 2 aromatic rings. The lowest BCUT2D eigenvalue weighted by Crippen LogP contribution is -2.12. The van der Waals surface area contributed by atoms with Crippen LogP contribution in [0.15, 0.2) is 42.5 Å². The number of methoxy groups -OCH3 is 2. The van der Waals surface area contributed by atoms with Gasteiger partial charge in [-0.15, -0.1) is 0 Å². The van der Waals surface area contributed by atoms with E-state index in [4.69, 9.17) is 37.4 Å². The first-order chi connectivity index (χ1) is 12.5. The zero-order valence-electron chi connectivity index (χ0n) is 14.1. The fourth-order valence-corrected chi connectivity index (χ4v) is 2.62. The largest absolute Gasteiger partial charge is 0.493 e. The van der Waals surface area contributed by atoms with E-state index in [-0.39, 0.29) is 5.78 Å². The number of halogens is 2. The van der Waals surface area contributed by atoms with Gasteiger partial charge < -0.3 is 14.2 Å². The van der Waals surface area contributed by atoms with E-state index < -0.39 is 12.6 Å². The molecule has 0 unspecified atom stereocenters. The van der Waals surface area contributed by atoms with Gasteiger partial charge in [-0.2, -0.15) is 0 Å². The highest BCUT2D eigenvalue weighted by Gasteiger charge is 2.12. The summed E-state index contributed by atoms with van der Waals surface area (Å²) >= 11 is 12.0. The Labute approximate surface area is 161 Å². The Bertz CT molecular complexity index is 826. The molecule has 0 aliphatic carbocycles. The van der Waals surface area contributed by atoms with Crippen LogP contribution in [0.25, 0.3) is 6.08 Å². The number of carbonyl (C=O) groups excluding carboxylic acids is 2. The summed E-state index contributed by atoms with van der Waals surface area (Å²) in [4.78, 5) is 24.0. The van der Waals surface area contributed by atoms with Crippen LogP contribution in [0.5, 0.6) is 11.5 Å². The van der Waals surface area contributed by atoms with Gasteiger partial charge >= 0.3 is 5.97 Å². The Balaban J connectivity index is 1.99. The fraction of sp³-hybridized carbons (Fsp3) is 0.158. The van der Waals surface area contributed by atoms with Gasteiger partial charge in [0.15, 0.2) is 23.9 Å². The molecule has 0 saturated heterocycles. The molecule has 0 saturated carbocycles. The van der Waals surface area contributed by atoms with Crippen LogP contribution in [0.4, 0.5) is 0 Å². The molecule has 0 amide bonds. The molecule has 2 aromatic carbocycles. The van der Waals surface area contributed by atoms with Crippen molar-refractivity contribution in [3.8, 4) is 11.5 Å². The quantitative estimate of drug-likeness (QED) is 0.394. The SMILES string of the molecule is COc1ccc(C(=O)COC(=O)/C=C/c2c(Cl)cccc2Cl)cc1OC. The van der Waals surface area contributed by atoms with Gasteiger partial charge in [-0.3, -0.25) is 4.79 Å². The van der Waals surface area contributed by atoms with Crippen LogP contribution in [0, 0.1) is 0 Å². The minimum absolute atomic E-state index is 0.341. The molecule has 26 heavy (non-hydrogen) atoms. The molecule has 0 aliphatic heterocycles. The number of ketones is 1. The minimum Gasteiger partial charge on any atom is -0.493 e. The third kappa shape index (κ3) is 5.00. The van der Waals surface area contributed by atoms with Gasteiger partial charge in [-0.25, -0.2) is 4.79 Å². The third-order valence-electron chi connectivity index (χ3n) is 3.44. The maximum atomic E-state index is 12.2.